The number of piperidine rings is 1. The van der Waals surface area contributed by atoms with E-state index in [1.54, 1.807) is 6.07 Å². The number of phenolic OH excluding ortho intramolecular Hbond substituents is 1. The number of methoxy groups -OCH3 is 1. The van der Waals surface area contributed by atoms with Gasteiger partial charge < -0.3 is 15.2 Å². The molecule has 2 atom stereocenters. The summed E-state index contributed by atoms with van der Waals surface area (Å²) >= 11 is 3.42. The number of nitrogens with one attached hydrogen (secondary N) is 1. The first-order valence-corrected chi connectivity index (χ1v) is 7.53. The van der Waals surface area contributed by atoms with Crippen LogP contribution in [-0.4, -0.2) is 35.6 Å². The molecular formula is C14H17BrN2O3. The number of hydrogen-bond donors (Lipinski definition) is 2. The van der Waals surface area contributed by atoms with Crippen LogP contribution in [0.2, 0.25) is 0 Å². The summed E-state index contributed by atoms with van der Waals surface area (Å²) in [6.07, 6.45) is 2.76. The molecule has 2 aliphatic heterocycles. The van der Waals surface area contributed by atoms with Crippen molar-refractivity contribution in [1.82, 2.24) is 10.2 Å². The van der Waals surface area contributed by atoms with Gasteiger partial charge in [-0.05, 0) is 25.0 Å². The molecule has 0 aromatic heterocycles. The summed E-state index contributed by atoms with van der Waals surface area (Å²) in [5.41, 5.74) is 0.675. The second-order valence-corrected chi connectivity index (χ2v) is 6.12. The lowest BCUT2D eigenvalue weighted by Crippen LogP contribution is -2.38. The Balaban J connectivity index is 2.00. The molecule has 0 unspecified atom stereocenters. The molecule has 0 spiro atoms. The lowest BCUT2D eigenvalue weighted by molar-refractivity contribution is -0.122. The number of fused-ring (bicyclic) bond motifs is 1. The number of amides is 1. The first kappa shape index (κ1) is 13.7. The first-order chi connectivity index (χ1) is 9.61. The molecule has 1 aromatic carbocycles. The van der Waals surface area contributed by atoms with Gasteiger partial charge in [0.15, 0.2) is 11.5 Å². The Labute approximate surface area is 126 Å². The van der Waals surface area contributed by atoms with E-state index in [0.29, 0.717) is 11.3 Å². The molecule has 1 amide bonds. The Kier molecular flexibility index (Phi) is 3.60. The van der Waals surface area contributed by atoms with Crippen LogP contribution in [-0.2, 0) is 4.79 Å². The monoisotopic (exact) mass is 340 g/mol. The van der Waals surface area contributed by atoms with Crippen molar-refractivity contribution < 1.29 is 14.6 Å². The normalized spacial score (nSPS) is 26.2. The van der Waals surface area contributed by atoms with Crippen molar-refractivity contribution in [2.75, 3.05) is 13.7 Å². The van der Waals surface area contributed by atoms with E-state index in [1.165, 1.54) is 7.11 Å². The van der Waals surface area contributed by atoms with Gasteiger partial charge in [0, 0.05) is 16.6 Å². The van der Waals surface area contributed by atoms with Gasteiger partial charge in [0.1, 0.15) is 6.17 Å². The van der Waals surface area contributed by atoms with E-state index in [1.807, 2.05) is 6.07 Å². The number of halogens is 1. The molecule has 108 valence electrons. The highest BCUT2D eigenvalue weighted by Crippen LogP contribution is 2.41. The van der Waals surface area contributed by atoms with Gasteiger partial charge in [0.25, 0.3) is 0 Å². The fourth-order valence-corrected chi connectivity index (χ4v) is 3.53. The largest absolute Gasteiger partial charge is 0.504 e. The van der Waals surface area contributed by atoms with Gasteiger partial charge >= 0.3 is 0 Å². The maximum atomic E-state index is 12.1. The molecule has 0 bridgehead atoms. The molecule has 2 heterocycles. The van der Waals surface area contributed by atoms with Crippen LogP contribution >= 0.6 is 15.9 Å². The van der Waals surface area contributed by atoms with Crippen molar-refractivity contribution in [3.05, 3.63) is 22.2 Å². The lowest BCUT2D eigenvalue weighted by atomic mass is 10.0. The number of rotatable bonds is 2. The van der Waals surface area contributed by atoms with Crippen molar-refractivity contribution in [1.29, 1.82) is 0 Å². The maximum absolute atomic E-state index is 12.1. The van der Waals surface area contributed by atoms with Gasteiger partial charge in [-0.2, -0.15) is 0 Å². The first-order valence-electron chi connectivity index (χ1n) is 6.74. The van der Waals surface area contributed by atoms with Gasteiger partial charge in [-0.1, -0.05) is 22.4 Å². The third kappa shape index (κ3) is 2.16. The number of benzene rings is 1. The molecule has 0 radical (unpaired) electrons. The molecule has 6 heteroatoms. The summed E-state index contributed by atoms with van der Waals surface area (Å²) in [6.45, 7) is 0.863. The average molecular weight is 341 g/mol. The van der Waals surface area contributed by atoms with Gasteiger partial charge in [-0.25, -0.2) is 0 Å². The zero-order valence-corrected chi connectivity index (χ0v) is 12.8. The van der Waals surface area contributed by atoms with Crippen molar-refractivity contribution in [2.45, 2.75) is 31.5 Å². The van der Waals surface area contributed by atoms with Crippen LogP contribution in [0.1, 0.15) is 31.0 Å². The zero-order chi connectivity index (χ0) is 14.3. The predicted octanol–water partition coefficient (Wildman–Crippen LogP) is 2.15. The number of hydrogen-bond acceptors (Lipinski definition) is 4. The molecule has 2 aliphatic rings. The smallest absolute Gasteiger partial charge is 0.238 e. The SMILES string of the molecule is COc1cc(Br)cc([C@H]2NC(=O)[C@H]3CCCCN32)c1O. The highest BCUT2D eigenvalue weighted by atomic mass is 79.9. The van der Waals surface area contributed by atoms with Crippen molar-refractivity contribution >= 4 is 21.8 Å². The minimum absolute atomic E-state index is 0.0491. The molecule has 0 saturated carbocycles. The lowest BCUT2D eigenvalue weighted by Gasteiger charge is -2.31. The average Bonchev–Trinajstić information content (AvgIpc) is 2.79. The second kappa shape index (κ2) is 5.26. The Morgan fingerprint density at radius 2 is 2.25 bits per heavy atom. The van der Waals surface area contributed by atoms with Crippen molar-refractivity contribution in [2.24, 2.45) is 0 Å². The van der Waals surface area contributed by atoms with E-state index in [2.05, 4.69) is 26.1 Å². The van der Waals surface area contributed by atoms with Crippen LogP contribution in [0, 0.1) is 0 Å². The fourth-order valence-electron chi connectivity index (χ4n) is 3.07. The van der Waals surface area contributed by atoms with Crippen LogP contribution in [0.15, 0.2) is 16.6 Å². The summed E-state index contributed by atoms with van der Waals surface area (Å²) in [6, 6.07) is 3.47. The highest BCUT2D eigenvalue weighted by molar-refractivity contribution is 9.10. The minimum atomic E-state index is -0.279. The van der Waals surface area contributed by atoms with E-state index < -0.39 is 0 Å². The number of phenols is 1. The zero-order valence-electron chi connectivity index (χ0n) is 11.2. The van der Waals surface area contributed by atoms with Gasteiger partial charge in [0.05, 0.1) is 13.2 Å². The quantitative estimate of drug-likeness (QED) is 0.865. The summed E-state index contributed by atoms with van der Waals surface area (Å²) in [5, 5.41) is 13.3. The van der Waals surface area contributed by atoms with Crippen molar-refractivity contribution in [3.63, 3.8) is 0 Å². The number of ether oxygens (including phenoxy) is 1. The molecule has 5 nitrogen and oxygen atoms in total. The predicted molar refractivity (Wildman–Crippen MR) is 77.6 cm³/mol. The number of carbonyl (C=O) groups excluding carboxylic acids is 1. The Morgan fingerprint density at radius 3 is 3.00 bits per heavy atom. The number of aromatic hydroxyl groups is 1. The number of nitrogens with zero attached hydrogens (tertiary/aromatic N) is 1. The van der Waals surface area contributed by atoms with Gasteiger partial charge in [-0.15, -0.1) is 0 Å². The third-order valence-corrected chi connectivity index (χ3v) is 4.50. The summed E-state index contributed by atoms with van der Waals surface area (Å²) in [4.78, 5) is 14.2. The van der Waals surface area contributed by atoms with E-state index >= 15 is 0 Å². The fraction of sp³-hybridized carbons (Fsp3) is 0.500. The van der Waals surface area contributed by atoms with E-state index in [9.17, 15) is 9.90 Å². The maximum Gasteiger partial charge on any atom is 0.238 e. The van der Waals surface area contributed by atoms with Gasteiger partial charge in [0.2, 0.25) is 5.91 Å². The molecule has 2 saturated heterocycles. The Hall–Kier alpha value is -1.27. The van der Waals surface area contributed by atoms with Crippen LogP contribution in [0.4, 0.5) is 0 Å². The summed E-state index contributed by atoms with van der Waals surface area (Å²) in [7, 11) is 1.52. The molecule has 20 heavy (non-hydrogen) atoms. The standard InChI is InChI=1S/C14H17BrN2O3/c1-20-11-7-8(15)6-9(12(11)18)13-16-14(19)10-4-2-3-5-17(10)13/h6-7,10,13,18H,2-5H2,1H3,(H,16,19)/t10-,13+/m1/s1. The molecule has 2 N–H and O–H groups in total. The van der Waals surface area contributed by atoms with Crippen LogP contribution in [0.25, 0.3) is 0 Å². The summed E-state index contributed by atoms with van der Waals surface area (Å²) in [5.74, 6) is 0.546. The highest BCUT2D eigenvalue weighted by Gasteiger charge is 2.42. The Morgan fingerprint density at radius 1 is 1.45 bits per heavy atom. The second-order valence-electron chi connectivity index (χ2n) is 5.21. The van der Waals surface area contributed by atoms with E-state index in [4.69, 9.17) is 4.74 Å². The molecule has 3 rings (SSSR count). The third-order valence-electron chi connectivity index (χ3n) is 4.04. The minimum Gasteiger partial charge on any atom is -0.504 e. The molecule has 0 aliphatic carbocycles. The van der Waals surface area contributed by atoms with E-state index in [0.717, 1.165) is 30.3 Å². The number of carbonyl (C=O) groups is 1. The molecular weight excluding hydrogens is 324 g/mol. The molecule has 2 fully saturated rings. The van der Waals surface area contributed by atoms with Crippen LogP contribution in [0.5, 0.6) is 11.5 Å². The Bertz CT molecular complexity index is 549. The van der Waals surface area contributed by atoms with Crippen molar-refractivity contribution in [3.8, 4) is 11.5 Å². The van der Waals surface area contributed by atoms with E-state index in [-0.39, 0.29) is 23.9 Å². The summed E-state index contributed by atoms with van der Waals surface area (Å²) < 4.78 is 5.99. The van der Waals surface area contributed by atoms with Gasteiger partial charge in [-0.3, -0.25) is 9.69 Å². The van der Waals surface area contributed by atoms with Crippen LogP contribution in [0.3, 0.4) is 0 Å². The topological polar surface area (TPSA) is 61.8 Å². The van der Waals surface area contributed by atoms with Crippen LogP contribution < -0.4 is 10.1 Å². The molecule has 1 aromatic rings.